The molecular formula is C52H66Zr. The van der Waals surface area contributed by atoms with Crippen molar-refractivity contribution in [2.24, 2.45) is 0 Å². The third-order valence-corrected chi connectivity index (χ3v) is 20.3. The molecular weight excluding hydrogens is 716 g/mol. The van der Waals surface area contributed by atoms with E-state index in [0.717, 1.165) is 0 Å². The number of fused-ring (bicyclic) bond motifs is 2. The Bertz CT molecular complexity index is 1810. The van der Waals surface area contributed by atoms with E-state index in [1.54, 1.807) is 22.3 Å². The molecule has 53 heavy (non-hydrogen) atoms. The van der Waals surface area contributed by atoms with Gasteiger partial charge in [-0.05, 0) is 0 Å². The van der Waals surface area contributed by atoms with Crippen molar-refractivity contribution >= 4 is 15.9 Å². The molecule has 0 nitrogen and oxygen atoms in total. The van der Waals surface area contributed by atoms with E-state index in [1.165, 1.54) is 109 Å². The van der Waals surface area contributed by atoms with Crippen LogP contribution >= 0.6 is 0 Å². The van der Waals surface area contributed by atoms with Crippen LogP contribution in [0.1, 0.15) is 167 Å². The molecule has 0 radical (unpaired) electrons. The molecule has 0 spiro atoms. The molecule has 0 N–H and O–H groups in total. The molecule has 2 unspecified atom stereocenters. The molecule has 4 aromatic rings. The van der Waals surface area contributed by atoms with Crippen LogP contribution < -0.4 is 0 Å². The molecule has 0 aromatic heterocycles. The van der Waals surface area contributed by atoms with Gasteiger partial charge in [-0.1, -0.05) is 0 Å². The zero-order valence-corrected chi connectivity index (χ0v) is 37.0. The summed E-state index contributed by atoms with van der Waals surface area (Å²) in [5.41, 5.74) is 18.4. The first-order chi connectivity index (χ1) is 25.5. The van der Waals surface area contributed by atoms with Crippen molar-refractivity contribution in [1.29, 1.82) is 0 Å². The van der Waals surface area contributed by atoms with Crippen LogP contribution in [0.5, 0.6) is 0 Å². The predicted octanol–water partition coefficient (Wildman–Crippen LogP) is 15.6. The van der Waals surface area contributed by atoms with Crippen LogP contribution in [0.4, 0.5) is 0 Å². The Kier molecular flexibility index (Phi) is 13.0. The summed E-state index contributed by atoms with van der Waals surface area (Å²) in [5, 5.41) is 0. The van der Waals surface area contributed by atoms with Gasteiger partial charge in [-0.15, -0.1) is 0 Å². The van der Waals surface area contributed by atoms with Crippen molar-refractivity contribution in [2.45, 2.75) is 145 Å². The van der Waals surface area contributed by atoms with E-state index in [9.17, 15) is 0 Å². The van der Waals surface area contributed by atoms with Crippen LogP contribution in [0.2, 0.25) is 0 Å². The molecule has 0 fully saturated rings. The zero-order chi connectivity index (χ0) is 37.8. The molecule has 0 amide bonds. The first-order valence-electron chi connectivity index (χ1n) is 21.0. The van der Waals surface area contributed by atoms with Gasteiger partial charge in [-0.2, -0.15) is 0 Å². The summed E-state index contributed by atoms with van der Waals surface area (Å²) in [5.74, 6) is 0. The van der Waals surface area contributed by atoms with E-state index in [0.29, 0.717) is 7.25 Å². The maximum atomic E-state index is 2.79. The van der Waals surface area contributed by atoms with Crippen molar-refractivity contribution in [3.63, 3.8) is 0 Å². The number of hydrogen-bond acceptors (Lipinski definition) is 0. The zero-order valence-electron chi connectivity index (χ0n) is 34.5. The molecule has 0 aliphatic heterocycles. The van der Waals surface area contributed by atoms with Gasteiger partial charge in [0.05, 0.1) is 0 Å². The molecule has 2 aliphatic carbocycles. The minimum atomic E-state index is -2.40. The standard InChI is InChI=1S/2C25H31.C2H4.Zr/c2*1-5-6-7-8-10-19-17-21-11-9-12-23(24(21)18-19)20-13-15-22(16-14-20)25(2,3)4;1-2;/h2*9,11-18H,5-8,10H2,1-4H3;1H,2H3;. The molecule has 0 bridgehead atoms. The van der Waals surface area contributed by atoms with Gasteiger partial charge < -0.3 is 0 Å². The van der Waals surface area contributed by atoms with Crippen LogP contribution in [0, 0.1) is 0 Å². The number of unbranched alkanes of at least 4 members (excludes halogenated alkanes) is 6. The Hall–Kier alpha value is -2.89. The van der Waals surface area contributed by atoms with Gasteiger partial charge in [-0.25, -0.2) is 0 Å². The maximum absolute atomic E-state index is 2.79. The topological polar surface area (TPSA) is 0 Å². The van der Waals surface area contributed by atoms with Crippen molar-refractivity contribution in [3.05, 3.63) is 129 Å². The SMILES string of the molecule is C[CH]=[Zr]([CH]1C(CCCCCC)=Cc2c(-c3ccc(C(C)(C)C)cc3)cccc21)[CH]1C(CCCCCC)=Cc2c(-c3ccc(C(C)(C)C)cc3)cccc21. The second kappa shape index (κ2) is 17.3. The number of rotatable bonds is 14. The summed E-state index contributed by atoms with van der Waals surface area (Å²) in [6.07, 6.45) is 18.3. The van der Waals surface area contributed by atoms with Crippen LogP contribution in [-0.2, 0) is 32.1 Å². The fourth-order valence-electron chi connectivity index (χ4n) is 8.96. The quantitative estimate of drug-likeness (QED) is 0.112. The first-order valence-corrected chi connectivity index (χ1v) is 25.3. The number of allylic oxidation sites excluding steroid dienone is 2. The molecule has 6 rings (SSSR count). The van der Waals surface area contributed by atoms with E-state index in [-0.39, 0.29) is 10.8 Å². The fourth-order valence-corrected chi connectivity index (χ4v) is 17.6. The summed E-state index contributed by atoms with van der Waals surface area (Å²) < 4.78 is 3.95. The van der Waals surface area contributed by atoms with Gasteiger partial charge in [0.15, 0.2) is 0 Å². The third kappa shape index (κ3) is 8.83. The summed E-state index contributed by atoms with van der Waals surface area (Å²) in [6.45, 7) is 21.0. The van der Waals surface area contributed by atoms with Crippen LogP contribution in [0.3, 0.4) is 0 Å². The number of hydrogen-bond donors (Lipinski definition) is 0. The van der Waals surface area contributed by atoms with Gasteiger partial charge >= 0.3 is 333 Å². The molecule has 278 valence electrons. The molecule has 2 atom stereocenters. The van der Waals surface area contributed by atoms with Crippen molar-refractivity contribution in [3.8, 4) is 22.3 Å². The second-order valence-electron chi connectivity index (χ2n) is 18.0. The van der Waals surface area contributed by atoms with Gasteiger partial charge in [-0.3, -0.25) is 0 Å². The average molecular weight is 782 g/mol. The minimum absolute atomic E-state index is 0.154. The summed E-state index contributed by atoms with van der Waals surface area (Å²) in [4.78, 5) is 0. The fraction of sp³-hybridized carbons (Fsp3) is 0.442. The van der Waals surface area contributed by atoms with Crippen LogP contribution in [0.15, 0.2) is 96.1 Å². The Labute approximate surface area is 331 Å². The Balaban J connectivity index is 1.44. The van der Waals surface area contributed by atoms with E-state index in [4.69, 9.17) is 0 Å². The summed E-state index contributed by atoms with van der Waals surface area (Å²) in [6, 6.07) is 33.5. The predicted molar refractivity (Wildman–Crippen MR) is 232 cm³/mol. The van der Waals surface area contributed by atoms with Crippen LogP contribution in [0.25, 0.3) is 34.4 Å². The Morgan fingerprint density at radius 3 is 1.25 bits per heavy atom. The van der Waals surface area contributed by atoms with E-state index >= 15 is 0 Å². The molecule has 0 saturated heterocycles. The van der Waals surface area contributed by atoms with Gasteiger partial charge in [0.2, 0.25) is 0 Å². The Morgan fingerprint density at radius 1 is 0.509 bits per heavy atom. The second-order valence-corrected chi connectivity index (χ2v) is 24.7. The molecule has 0 heterocycles. The summed E-state index contributed by atoms with van der Waals surface area (Å²) >= 11 is -2.40. The normalized spacial score (nSPS) is 16.6. The van der Waals surface area contributed by atoms with Crippen molar-refractivity contribution in [2.75, 3.05) is 0 Å². The van der Waals surface area contributed by atoms with E-state index in [1.807, 2.05) is 0 Å². The van der Waals surface area contributed by atoms with Gasteiger partial charge in [0.1, 0.15) is 0 Å². The van der Waals surface area contributed by atoms with E-state index in [2.05, 4.69) is 163 Å². The van der Waals surface area contributed by atoms with Crippen LogP contribution in [-0.4, -0.2) is 3.71 Å². The Morgan fingerprint density at radius 2 is 0.906 bits per heavy atom. The molecule has 1 heteroatoms. The van der Waals surface area contributed by atoms with Crippen molar-refractivity contribution in [1.82, 2.24) is 0 Å². The van der Waals surface area contributed by atoms with Crippen molar-refractivity contribution < 1.29 is 21.3 Å². The first kappa shape index (κ1) is 39.8. The molecule has 2 aliphatic rings. The number of benzene rings is 4. The summed E-state index contributed by atoms with van der Waals surface area (Å²) in [7, 11) is 0. The average Bonchev–Trinajstić information content (AvgIpc) is 3.70. The van der Waals surface area contributed by atoms with Gasteiger partial charge in [0, 0.05) is 0 Å². The third-order valence-electron chi connectivity index (χ3n) is 12.1. The molecule has 0 saturated carbocycles. The molecule has 4 aromatic carbocycles. The van der Waals surface area contributed by atoms with E-state index < -0.39 is 21.3 Å². The van der Waals surface area contributed by atoms with Gasteiger partial charge in [0.25, 0.3) is 0 Å². The monoisotopic (exact) mass is 780 g/mol.